The summed E-state index contributed by atoms with van der Waals surface area (Å²) in [7, 11) is 0. The van der Waals surface area contributed by atoms with Crippen LogP contribution < -0.4 is 11.1 Å². The lowest BCUT2D eigenvalue weighted by molar-refractivity contribution is -0.144. The SMILES string of the molecule is NC1C2CCC(C2)C1C(=O)N[C@H](CO)C(=O)O. The normalized spacial score (nSPS) is 36.8. The van der Waals surface area contributed by atoms with E-state index in [1.807, 2.05) is 0 Å². The smallest absolute Gasteiger partial charge is 0.328 e. The van der Waals surface area contributed by atoms with Gasteiger partial charge in [0.2, 0.25) is 5.91 Å². The molecule has 2 aliphatic carbocycles. The number of carbonyl (C=O) groups is 2. The van der Waals surface area contributed by atoms with Gasteiger partial charge in [0, 0.05) is 6.04 Å². The molecule has 2 rings (SSSR count). The summed E-state index contributed by atoms with van der Waals surface area (Å²) in [5.74, 6) is -1.16. The first kappa shape index (κ1) is 12.3. The summed E-state index contributed by atoms with van der Waals surface area (Å²) in [6.07, 6.45) is 3.03. The van der Waals surface area contributed by atoms with Crippen molar-refractivity contribution in [1.82, 2.24) is 5.32 Å². The van der Waals surface area contributed by atoms with E-state index >= 15 is 0 Å². The second kappa shape index (κ2) is 4.62. The Kier molecular flexibility index (Phi) is 3.35. The summed E-state index contributed by atoms with van der Waals surface area (Å²) < 4.78 is 0. The molecule has 5 atom stereocenters. The van der Waals surface area contributed by atoms with Gasteiger partial charge in [-0.15, -0.1) is 0 Å². The Morgan fingerprint density at radius 3 is 2.47 bits per heavy atom. The summed E-state index contributed by atoms with van der Waals surface area (Å²) in [4.78, 5) is 22.7. The fourth-order valence-corrected chi connectivity index (χ4v) is 3.18. The monoisotopic (exact) mass is 242 g/mol. The molecule has 96 valence electrons. The van der Waals surface area contributed by atoms with Crippen molar-refractivity contribution in [2.75, 3.05) is 6.61 Å². The number of carboxylic acid groups (broad SMARTS) is 1. The van der Waals surface area contributed by atoms with Gasteiger partial charge in [-0.05, 0) is 31.1 Å². The second-order valence-electron chi connectivity index (χ2n) is 5.02. The fraction of sp³-hybridized carbons (Fsp3) is 0.818. The van der Waals surface area contributed by atoms with Crippen LogP contribution in [-0.2, 0) is 9.59 Å². The molecule has 0 radical (unpaired) electrons. The number of hydrogen-bond donors (Lipinski definition) is 4. The lowest BCUT2D eigenvalue weighted by atomic mass is 9.84. The molecule has 0 aromatic heterocycles. The topological polar surface area (TPSA) is 113 Å². The van der Waals surface area contributed by atoms with Gasteiger partial charge in [-0.25, -0.2) is 4.79 Å². The van der Waals surface area contributed by atoms with Crippen LogP contribution in [0.2, 0.25) is 0 Å². The van der Waals surface area contributed by atoms with E-state index in [2.05, 4.69) is 5.32 Å². The maximum absolute atomic E-state index is 12.0. The van der Waals surface area contributed by atoms with Gasteiger partial charge >= 0.3 is 5.97 Å². The molecule has 2 aliphatic rings. The standard InChI is InChI=1S/C11H18N2O4/c12-9-6-2-1-5(3-6)8(9)10(15)13-7(4-14)11(16)17/h5-9,14H,1-4,12H2,(H,13,15)(H,16,17)/t5?,6?,7-,8?,9?/m1/s1. The highest BCUT2D eigenvalue weighted by molar-refractivity contribution is 5.86. The van der Waals surface area contributed by atoms with Crippen molar-refractivity contribution >= 4 is 11.9 Å². The van der Waals surface area contributed by atoms with Crippen molar-refractivity contribution in [1.29, 1.82) is 0 Å². The Labute approximate surface area is 99.2 Å². The summed E-state index contributed by atoms with van der Waals surface area (Å²) in [6.45, 7) is -0.600. The van der Waals surface area contributed by atoms with E-state index in [0.29, 0.717) is 5.92 Å². The summed E-state index contributed by atoms with van der Waals surface area (Å²) in [6, 6.07) is -1.39. The average molecular weight is 242 g/mol. The van der Waals surface area contributed by atoms with Crippen LogP contribution in [0, 0.1) is 17.8 Å². The van der Waals surface area contributed by atoms with E-state index in [-0.39, 0.29) is 23.8 Å². The van der Waals surface area contributed by atoms with Crippen LogP contribution in [0.4, 0.5) is 0 Å². The van der Waals surface area contributed by atoms with E-state index in [0.717, 1.165) is 19.3 Å². The first-order valence-electron chi connectivity index (χ1n) is 5.94. The molecule has 4 unspecified atom stereocenters. The van der Waals surface area contributed by atoms with Gasteiger partial charge in [0.1, 0.15) is 6.04 Å². The van der Waals surface area contributed by atoms with Crippen molar-refractivity contribution in [3.8, 4) is 0 Å². The van der Waals surface area contributed by atoms with E-state index in [1.54, 1.807) is 0 Å². The lowest BCUT2D eigenvalue weighted by Crippen LogP contribution is -2.51. The zero-order chi connectivity index (χ0) is 12.6. The van der Waals surface area contributed by atoms with Crippen molar-refractivity contribution in [3.05, 3.63) is 0 Å². The molecular formula is C11H18N2O4. The number of aliphatic hydroxyl groups is 1. The largest absolute Gasteiger partial charge is 0.480 e. The number of hydrogen-bond acceptors (Lipinski definition) is 4. The molecule has 0 heterocycles. The summed E-state index contributed by atoms with van der Waals surface area (Å²) in [5, 5.41) is 20.0. The number of aliphatic hydroxyl groups excluding tert-OH is 1. The molecule has 6 heteroatoms. The third kappa shape index (κ3) is 2.14. The first-order valence-corrected chi connectivity index (χ1v) is 5.94. The van der Waals surface area contributed by atoms with Crippen LogP contribution in [0.25, 0.3) is 0 Å². The zero-order valence-corrected chi connectivity index (χ0v) is 9.50. The number of fused-ring (bicyclic) bond motifs is 2. The van der Waals surface area contributed by atoms with E-state index < -0.39 is 18.6 Å². The number of rotatable bonds is 4. The molecule has 0 aromatic carbocycles. The Morgan fingerprint density at radius 2 is 2.00 bits per heavy atom. The van der Waals surface area contributed by atoms with E-state index in [4.69, 9.17) is 15.9 Å². The number of amides is 1. The molecule has 0 aliphatic heterocycles. The maximum Gasteiger partial charge on any atom is 0.328 e. The predicted octanol–water partition coefficient (Wildman–Crippen LogP) is -1.08. The maximum atomic E-state index is 12.0. The summed E-state index contributed by atoms with van der Waals surface area (Å²) >= 11 is 0. The van der Waals surface area contributed by atoms with Crippen LogP contribution in [-0.4, -0.2) is 40.8 Å². The molecule has 17 heavy (non-hydrogen) atoms. The third-order valence-corrected chi connectivity index (χ3v) is 4.08. The van der Waals surface area contributed by atoms with E-state index in [9.17, 15) is 9.59 Å². The van der Waals surface area contributed by atoms with Crippen molar-refractivity contribution in [2.24, 2.45) is 23.5 Å². The highest BCUT2D eigenvalue weighted by atomic mass is 16.4. The predicted molar refractivity (Wildman–Crippen MR) is 58.9 cm³/mol. The average Bonchev–Trinajstić information content (AvgIpc) is 2.85. The Bertz CT molecular complexity index is 331. The summed E-state index contributed by atoms with van der Waals surface area (Å²) in [5.41, 5.74) is 5.99. The molecule has 2 saturated carbocycles. The number of carbonyl (C=O) groups excluding carboxylic acids is 1. The highest BCUT2D eigenvalue weighted by Gasteiger charge is 2.49. The number of aliphatic carboxylic acids is 1. The molecule has 0 aromatic rings. The Hall–Kier alpha value is -1.14. The van der Waals surface area contributed by atoms with Crippen molar-refractivity contribution in [3.63, 3.8) is 0 Å². The molecule has 0 saturated heterocycles. The molecule has 0 spiro atoms. The quantitative estimate of drug-likeness (QED) is 0.501. The van der Waals surface area contributed by atoms with Gasteiger partial charge in [-0.1, -0.05) is 0 Å². The van der Waals surface area contributed by atoms with Gasteiger partial charge in [0.15, 0.2) is 0 Å². The minimum atomic E-state index is -1.23. The molecular weight excluding hydrogens is 224 g/mol. The Balaban J connectivity index is 1.98. The highest BCUT2D eigenvalue weighted by Crippen LogP contribution is 2.47. The number of nitrogens with one attached hydrogen (secondary N) is 1. The fourth-order valence-electron chi connectivity index (χ4n) is 3.18. The van der Waals surface area contributed by atoms with Crippen LogP contribution >= 0.6 is 0 Å². The van der Waals surface area contributed by atoms with Gasteiger partial charge in [0.25, 0.3) is 0 Å². The van der Waals surface area contributed by atoms with Crippen LogP contribution in [0.3, 0.4) is 0 Å². The molecule has 1 amide bonds. The van der Waals surface area contributed by atoms with Gasteiger partial charge in [0.05, 0.1) is 12.5 Å². The molecule has 6 nitrogen and oxygen atoms in total. The third-order valence-electron chi connectivity index (χ3n) is 4.08. The minimum absolute atomic E-state index is 0.165. The molecule has 2 fully saturated rings. The Morgan fingerprint density at radius 1 is 1.35 bits per heavy atom. The number of nitrogens with two attached hydrogens (primary N) is 1. The second-order valence-corrected chi connectivity index (χ2v) is 5.02. The molecule has 2 bridgehead atoms. The molecule has 5 N–H and O–H groups in total. The zero-order valence-electron chi connectivity index (χ0n) is 9.50. The van der Waals surface area contributed by atoms with Gasteiger partial charge in [-0.3, -0.25) is 4.79 Å². The van der Waals surface area contributed by atoms with Gasteiger partial charge in [-0.2, -0.15) is 0 Å². The van der Waals surface area contributed by atoms with Crippen LogP contribution in [0.1, 0.15) is 19.3 Å². The minimum Gasteiger partial charge on any atom is -0.480 e. The lowest BCUT2D eigenvalue weighted by Gasteiger charge is -2.27. The van der Waals surface area contributed by atoms with E-state index in [1.165, 1.54) is 0 Å². The van der Waals surface area contributed by atoms with Crippen LogP contribution in [0.5, 0.6) is 0 Å². The van der Waals surface area contributed by atoms with Gasteiger partial charge < -0.3 is 21.3 Å². The van der Waals surface area contributed by atoms with Crippen LogP contribution in [0.15, 0.2) is 0 Å². The van der Waals surface area contributed by atoms with Crippen molar-refractivity contribution in [2.45, 2.75) is 31.3 Å². The first-order chi connectivity index (χ1) is 8.04. The number of carboxylic acids is 1. The van der Waals surface area contributed by atoms with Crippen molar-refractivity contribution < 1.29 is 19.8 Å².